The number of nitrogens with zero attached hydrogens (tertiary/aromatic N) is 3. The molecule has 0 amide bonds. The Morgan fingerprint density at radius 1 is 1.44 bits per heavy atom. The minimum Gasteiger partial charge on any atom is -0.409 e. The third-order valence-electron chi connectivity index (χ3n) is 2.84. The zero-order chi connectivity index (χ0) is 13.8. The van der Waals surface area contributed by atoms with Crippen molar-refractivity contribution in [3.05, 3.63) is 23.9 Å². The predicted octanol–water partition coefficient (Wildman–Crippen LogP) is 1.95. The van der Waals surface area contributed by atoms with E-state index in [1.165, 1.54) is 5.56 Å². The molecule has 1 rings (SSSR count). The Kier molecular flexibility index (Phi) is 4.53. The van der Waals surface area contributed by atoms with Crippen LogP contribution in [0.15, 0.2) is 23.5 Å². The molecule has 100 valence electrons. The molecule has 1 aromatic rings. The molecule has 3 N–H and O–H groups in total. The second-order valence-corrected chi connectivity index (χ2v) is 5.42. The van der Waals surface area contributed by atoms with Gasteiger partial charge in [-0.2, -0.15) is 0 Å². The van der Waals surface area contributed by atoms with Gasteiger partial charge in [-0.05, 0) is 17.0 Å². The first-order chi connectivity index (χ1) is 8.34. The molecule has 0 radical (unpaired) electrons. The van der Waals surface area contributed by atoms with Gasteiger partial charge in [0.25, 0.3) is 0 Å². The van der Waals surface area contributed by atoms with E-state index in [1.807, 2.05) is 24.2 Å². The highest BCUT2D eigenvalue weighted by atomic mass is 16.4. The summed E-state index contributed by atoms with van der Waals surface area (Å²) in [7, 11) is 1.93. The normalized spacial score (nSPS) is 12.6. The van der Waals surface area contributed by atoms with Gasteiger partial charge >= 0.3 is 0 Å². The van der Waals surface area contributed by atoms with Crippen LogP contribution in [0.25, 0.3) is 0 Å². The van der Waals surface area contributed by atoms with E-state index in [0.717, 1.165) is 5.82 Å². The molecule has 5 heteroatoms. The minimum atomic E-state index is 0.109. The molecule has 0 aliphatic rings. The second-order valence-electron chi connectivity index (χ2n) is 5.42. The van der Waals surface area contributed by atoms with E-state index in [1.54, 1.807) is 0 Å². The van der Waals surface area contributed by atoms with Crippen molar-refractivity contribution in [3.8, 4) is 0 Å². The third-order valence-corrected chi connectivity index (χ3v) is 2.84. The summed E-state index contributed by atoms with van der Waals surface area (Å²) in [6.45, 7) is 7.14. The van der Waals surface area contributed by atoms with E-state index in [4.69, 9.17) is 10.9 Å². The SMILES string of the molecule is CN(CC/C(N)=N/O)c1ccc(C(C)(C)C)cn1. The zero-order valence-electron chi connectivity index (χ0n) is 11.5. The molecule has 0 aromatic carbocycles. The van der Waals surface area contributed by atoms with Crippen LogP contribution < -0.4 is 10.6 Å². The van der Waals surface area contributed by atoms with Crippen molar-refractivity contribution in [2.75, 3.05) is 18.5 Å². The van der Waals surface area contributed by atoms with Crippen LogP contribution in [0.3, 0.4) is 0 Å². The molecule has 0 saturated carbocycles. The van der Waals surface area contributed by atoms with E-state index >= 15 is 0 Å². The smallest absolute Gasteiger partial charge is 0.140 e. The van der Waals surface area contributed by atoms with Gasteiger partial charge in [0, 0.05) is 26.2 Å². The molecule has 1 heterocycles. The van der Waals surface area contributed by atoms with Crippen molar-refractivity contribution in [2.24, 2.45) is 10.9 Å². The number of nitrogens with two attached hydrogens (primary N) is 1. The maximum Gasteiger partial charge on any atom is 0.140 e. The molecule has 0 aliphatic carbocycles. The summed E-state index contributed by atoms with van der Waals surface area (Å²) in [4.78, 5) is 6.41. The Labute approximate surface area is 108 Å². The standard InChI is InChI=1S/C13H22N4O/c1-13(2,3)10-5-6-12(15-9-10)17(4)8-7-11(14)16-18/h5-6,9,18H,7-8H2,1-4H3,(H2,14,16). The molecule has 18 heavy (non-hydrogen) atoms. The lowest BCUT2D eigenvalue weighted by Gasteiger charge is -2.21. The average Bonchev–Trinajstić information content (AvgIpc) is 2.34. The number of oxime groups is 1. The molecule has 0 aliphatic heterocycles. The van der Waals surface area contributed by atoms with Crippen LogP contribution in [0.2, 0.25) is 0 Å². The van der Waals surface area contributed by atoms with Crippen molar-refractivity contribution in [1.29, 1.82) is 0 Å². The number of pyridine rings is 1. The lowest BCUT2D eigenvalue weighted by molar-refractivity contribution is 0.317. The summed E-state index contributed by atoms with van der Waals surface area (Å²) < 4.78 is 0. The third kappa shape index (κ3) is 3.91. The molecule has 0 unspecified atom stereocenters. The van der Waals surface area contributed by atoms with Crippen LogP contribution in [0, 0.1) is 0 Å². The van der Waals surface area contributed by atoms with E-state index in [0.29, 0.717) is 13.0 Å². The Morgan fingerprint density at radius 3 is 2.56 bits per heavy atom. The number of aromatic nitrogens is 1. The number of amidine groups is 1. The summed E-state index contributed by atoms with van der Waals surface area (Å²) in [5.74, 6) is 1.11. The van der Waals surface area contributed by atoms with Gasteiger partial charge < -0.3 is 15.8 Å². The Hall–Kier alpha value is -1.78. The molecule has 0 spiro atoms. The van der Waals surface area contributed by atoms with Gasteiger partial charge in [-0.15, -0.1) is 0 Å². The topological polar surface area (TPSA) is 74.7 Å². The van der Waals surface area contributed by atoms with Crippen molar-refractivity contribution in [3.63, 3.8) is 0 Å². The highest BCUT2D eigenvalue weighted by molar-refractivity contribution is 5.80. The largest absolute Gasteiger partial charge is 0.409 e. The van der Waals surface area contributed by atoms with Gasteiger partial charge in [-0.25, -0.2) is 4.98 Å². The molecule has 5 nitrogen and oxygen atoms in total. The quantitative estimate of drug-likeness (QED) is 0.371. The van der Waals surface area contributed by atoms with E-state index in [9.17, 15) is 0 Å². The Bertz CT molecular complexity index is 406. The maximum atomic E-state index is 8.47. The molecule has 1 aromatic heterocycles. The van der Waals surface area contributed by atoms with Crippen molar-refractivity contribution in [2.45, 2.75) is 32.6 Å². The van der Waals surface area contributed by atoms with Gasteiger partial charge in [0.1, 0.15) is 11.7 Å². The Balaban J connectivity index is 2.68. The van der Waals surface area contributed by atoms with Crippen molar-refractivity contribution < 1.29 is 5.21 Å². The number of rotatable bonds is 4. The first-order valence-electron chi connectivity index (χ1n) is 5.98. The van der Waals surface area contributed by atoms with Gasteiger partial charge in [-0.3, -0.25) is 0 Å². The van der Waals surface area contributed by atoms with Gasteiger partial charge in [-0.1, -0.05) is 32.0 Å². The second kappa shape index (κ2) is 5.71. The van der Waals surface area contributed by atoms with Crippen LogP contribution >= 0.6 is 0 Å². The lowest BCUT2D eigenvalue weighted by Crippen LogP contribution is -2.25. The van der Waals surface area contributed by atoms with Gasteiger partial charge in [0.2, 0.25) is 0 Å². The van der Waals surface area contributed by atoms with Crippen LogP contribution in [-0.2, 0) is 5.41 Å². The van der Waals surface area contributed by atoms with Gasteiger partial charge in [0.15, 0.2) is 0 Å². The molecular weight excluding hydrogens is 228 g/mol. The minimum absolute atomic E-state index is 0.109. The summed E-state index contributed by atoms with van der Waals surface area (Å²) >= 11 is 0. The first-order valence-corrected chi connectivity index (χ1v) is 5.98. The van der Waals surface area contributed by atoms with E-state index < -0.39 is 0 Å². The summed E-state index contributed by atoms with van der Waals surface area (Å²) in [5, 5.41) is 11.4. The van der Waals surface area contributed by atoms with Crippen LogP contribution in [0.1, 0.15) is 32.8 Å². The zero-order valence-corrected chi connectivity index (χ0v) is 11.5. The molecule has 0 saturated heterocycles. The van der Waals surface area contributed by atoms with Crippen LogP contribution in [0.5, 0.6) is 0 Å². The average molecular weight is 250 g/mol. The van der Waals surface area contributed by atoms with Crippen molar-refractivity contribution in [1.82, 2.24) is 4.98 Å². The van der Waals surface area contributed by atoms with Crippen molar-refractivity contribution >= 4 is 11.7 Å². The summed E-state index contributed by atoms with van der Waals surface area (Å²) in [5.41, 5.74) is 6.75. The van der Waals surface area contributed by atoms with E-state index in [2.05, 4.69) is 37.0 Å². The maximum absolute atomic E-state index is 8.47. The molecular formula is C13H22N4O. The lowest BCUT2D eigenvalue weighted by atomic mass is 9.88. The fourth-order valence-corrected chi connectivity index (χ4v) is 1.50. The molecule has 0 bridgehead atoms. The summed E-state index contributed by atoms with van der Waals surface area (Å²) in [6, 6.07) is 4.08. The molecule has 0 atom stereocenters. The Morgan fingerprint density at radius 2 is 2.11 bits per heavy atom. The number of hydrogen-bond acceptors (Lipinski definition) is 4. The summed E-state index contributed by atoms with van der Waals surface area (Å²) in [6.07, 6.45) is 2.41. The van der Waals surface area contributed by atoms with Crippen LogP contribution in [-0.4, -0.2) is 29.6 Å². The highest BCUT2D eigenvalue weighted by Crippen LogP contribution is 2.22. The van der Waals surface area contributed by atoms with E-state index in [-0.39, 0.29) is 11.3 Å². The fourth-order valence-electron chi connectivity index (χ4n) is 1.50. The first kappa shape index (κ1) is 14.3. The van der Waals surface area contributed by atoms with Crippen LogP contribution in [0.4, 0.5) is 5.82 Å². The highest BCUT2D eigenvalue weighted by Gasteiger charge is 2.14. The number of hydrogen-bond donors (Lipinski definition) is 2. The molecule has 0 fully saturated rings. The monoisotopic (exact) mass is 250 g/mol. The van der Waals surface area contributed by atoms with Gasteiger partial charge in [0.05, 0.1) is 0 Å². The predicted molar refractivity (Wildman–Crippen MR) is 74.2 cm³/mol. The fraction of sp³-hybridized carbons (Fsp3) is 0.538. The number of anilines is 1.